The van der Waals surface area contributed by atoms with Gasteiger partial charge >= 0.3 is 6.03 Å². The fraction of sp³-hybridized carbons (Fsp3) is 0.667. The van der Waals surface area contributed by atoms with Crippen molar-refractivity contribution in [2.75, 3.05) is 13.1 Å². The van der Waals surface area contributed by atoms with Gasteiger partial charge in [-0.05, 0) is 57.4 Å². The molecule has 3 heterocycles. The van der Waals surface area contributed by atoms with Gasteiger partial charge in [-0.15, -0.1) is 0 Å². The average Bonchev–Trinajstić information content (AvgIpc) is 3.23. The van der Waals surface area contributed by atoms with Crippen molar-refractivity contribution in [3.8, 4) is 0 Å². The van der Waals surface area contributed by atoms with Gasteiger partial charge in [-0.25, -0.2) is 13.6 Å². The number of imide groups is 1. The molecule has 3 aliphatic heterocycles. The lowest BCUT2D eigenvalue weighted by atomic mass is 9.81. The van der Waals surface area contributed by atoms with Crippen molar-refractivity contribution >= 4 is 17.8 Å². The molecule has 2 N–H and O–H groups in total. The van der Waals surface area contributed by atoms with Crippen LogP contribution in [-0.4, -0.2) is 64.3 Å². The highest BCUT2D eigenvalue weighted by Gasteiger charge is 2.59. The summed E-state index contributed by atoms with van der Waals surface area (Å²) in [6.45, 7) is 3.18. The highest BCUT2D eigenvalue weighted by molar-refractivity contribution is 6.07. The summed E-state index contributed by atoms with van der Waals surface area (Å²) in [4.78, 5) is 42.4. The Hall–Kier alpha value is -2.55. The topological polar surface area (TPSA) is 81.8 Å². The van der Waals surface area contributed by atoms with E-state index in [1.54, 1.807) is 4.90 Å². The van der Waals surface area contributed by atoms with E-state index in [1.807, 2.05) is 37.3 Å². The molecule has 3 atom stereocenters. The van der Waals surface area contributed by atoms with E-state index >= 15 is 0 Å². The number of nitrogens with zero attached hydrogens (tertiary/aromatic N) is 2. The predicted molar refractivity (Wildman–Crippen MR) is 130 cm³/mol. The number of nitrogens with one attached hydrogen (secondary N) is 2. The van der Waals surface area contributed by atoms with Gasteiger partial charge in [0, 0.05) is 43.9 Å². The van der Waals surface area contributed by atoms with Crippen LogP contribution in [0.4, 0.5) is 13.6 Å². The zero-order valence-electron chi connectivity index (χ0n) is 20.8. The molecule has 9 heteroatoms. The van der Waals surface area contributed by atoms with Crippen molar-refractivity contribution in [3.63, 3.8) is 0 Å². The molecule has 2 bridgehead atoms. The average molecular weight is 503 g/mol. The number of halogens is 2. The molecule has 1 saturated carbocycles. The normalized spacial score (nSPS) is 31.0. The van der Waals surface area contributed by atoms with E-state index < -0.39 is 11.5 Å². The van der Waals surface area contributed by atoms with Crippen LogP contribution in [-0.2, 0) is 9.59 Å². The Bertz CT molecular complexity index is 980. The number of likely N-dealkylation sites (N-methyl/N-ethyl adjacent to an activating group) is 1. The zero-order valence-corrected chi connectivity index (χ0v) is 20.8. The fourth-order valence-corrected chi connectivity index (χ4v) is 7.01. The molecule has 7 nitrogen and oxygen atoms in total. The van der Waals surface area contributed by atoms with Gasteiger partial charge in [-0.1, -0.05) is 30.3 Å². The first-order valence-electron chi connectivity index (χ1n) is 13.3. The molecule has 1 spiro atoms. The second-order valence-corrected chi connectivity index (χ2v) is 11.0. The number of carbonyl (C=O) groups excluding carboxylic acids is 3. The minimum Gasteiger partial charge on any atom is -0.349 e. The van der Waals surface area contributed by atoms with Crippen LogP contribution in [0.25, 0.3) is 0 Å². The van der Waals surface area contributed by atoms with Crippen LogP contribution in [0.2, 0.25) is 0 Å². The summed E-state index contributed by atoms with van der Waals surface area (Å²) in [7, 11) is 0. The lowest BCUT2D eigenvalue weighted by molar-refractivity contribution is -0.131. The van der Waals surface area contributed by atoms with Gasteiger partial charge in [-0.2, -0.15) is 0 Å². The van der Waals surface area contributed by atoms with Crippen molar-refractivity contribution in [3.05, 3.63) is 35.9 Å². The molecular weight excluding hydrogens is 466 g/mol. The third kappa shape index (κ3) is 4.62. The van der Waals surface area contributed by atoms with E-state index in [0.29, 0.717) is 25.8 Å². The van der Waals surface area contributed by atoms with Gasteiger partial charge in [0.25, 0.3) is 5.91 Å². The van der Waals surface area contributed by atoms with Gasteiger partial charge < -0.3 is 10.2 Å². The van der Waals surface area contributed by atoms with Crippen LogP contribution in [0.5, 0.6) is 0 Å². The number of alkyl halides is 2. The lowest BCUT2D eigenvalue weighted by Crippen LogP contribution is -2.60. The summed E-state index contributed by atoms with van der Waals surface area (Å²) < 4.78 is 27.2. The van der Waals surface area contributed by atoms with Gasteiger partial charge in [0.1, 0.15) is 5.54 Å². The molecule has 1 aromatic carbocycles. The highest BCUT2D eigenvalue weighted by atomic mass is 19.3. The van der Waals surface area contributed by atoms with Gasteiger partial charge in [0.15, 0.2) is 0 Å². The summed E-state index contributed by atoms with van der Waals surface area (Å²) in [6, 6.07) is 9.73. The number of rotatable bonds is 7. The molecule has 2 unspecified atom stereocenters. The minimum absolute atomic E-state index is 0.139. The number of carbonyl (C=O) groups is 3. The zero-order chi connectivity index (χ0) is 25.5. The molecule has 3 saturated heterocycles. The SMILES string of the molecule is CCN1C(=O)NC(=O)C12CC1CCC(C2)N1CC[C@H](NC(=O)C1CCC(F)(F)CC1)c1ccccc1. The number of piperidine rings is 1. The quantitative estimate of drug-likeness (QED) is 0.553. The number of benzene rings is 1. The van der Waals surface area contributed by atoms with E-state index in [4.69, 9.17) is 0 Å². The largest absolute Gasteiger partial charge is 0.349 e. The monoisotopic (exact) mass is 502 g/mol. The minimum atomic E-state index is -2.66. The number of hydrogen-bond acceptors (Lipinski definition) is 4. The first kappa shape index (κ1) is 25.1. The maximum absolute atomic E-state index is 13.6. The first-order chi connectivity index (χ1) is 17.2. The summed E-state index contributed by atoms with van der Waals surface area (Å²) >= 11 is 0. The molecule has 5 rings (SSSR count). The molecule has 4 fully saturated rings. The Balaban J connectivity index is 1.26. The van der Waals surface area contributed by atoms with Crippen LogP contribution < -0.4 is 10.6 Å². The number of fused-ring (bicyclic) bond motifs is 2. The summed E-state index contributed by atoms with van der Waals surface area (Å²) in [5.41, 5.74) is 0.260. The molecule has 36 heavy (non-hydrogen) atoms. The van der Waals surface area contributed by atoms with Crippen LogP contribution in [0.15, 0.2) is 30.3 Å². The van der Waals surface area contributed by atoms with Gasteiger partial charge in [0.05, 0.1) is 6.04 Å². The second kappa shape index (κ2) is 9.72. The maximum atomic E-state index is 13.6. The Morgan fingerprint density at radius 3 is 2.33 bits per heavy atom. The van der Waals surface area contributed by atoms with E-state index in [-0.39, 0.29) is 67.6 Å². The standard InChI is InChI=1S/C27H36F2N4O3/c1-2-33-25(36)31-24(35)26(33)16-20-8-9-21(17-26)32(20)15-12-22(18-6-4-3-5-7-18)30-23(34)19-10-13-27(28,29)14-11-19/h3-7,19-22H,2,8-17H2,1H3,(H,30,34)(H,31,35,36)/t20?,21?,22-,26?/m0/s1. The third-order valence-electron chi connectivity index (χ3n) is 8.92. The Morgan fingerprint density at radius 2 is 1.72 bits per heavy atom. The lowest BCUT2D eigenvalue weighted by Gasteiger charge is -2.46. The molecule has 0 aromatic heterocycles. The van der Waals surface area contributed by atoms with Gasteiger partial charge in [0.2, 0.25) is 11.8 Å². The van der Waals surface area contributed by atoms with Crippen molar-refractivity contribution in [2.24, 2.45) is 5.92 Å². The summed E-state index contributed by atoms with van der Waals surface area (Å²) in [6.07, 6.45) is 3.91. The number of urea groups is 1. The smallest absolute Gasteiger partial charge is 0.325 e. The van der Waals surface area contributed by atoms with Crippen molar-refractivity contribution in [2.45, 2.75) is 94.3 Å². The third-order valence-corrected chi connectivity index (χ3v) is 8.92. The maximum Gasteiger partial charge on any atom is 0.325 e. The van der Waals surface area contributed by atoms with Crippen molar-refractivity contribution < 1.29 is 23.2 Å². The van der Waals surface area contributed by atoms with Crippen LogP contribution in [0, 0.1) is 5.92 Å². The summed E-state index contributed by atoms with van der Waals surface area (Å²) in [5, 5.41) is 5.70. The van der Waals surface area contributed by atoms with Crippen molar-refractivity contribution in [1.29, 1.82) is 0 Å². The molecule has 1 aliphatic carbocycles. The fourth-order valence-electron chi connectivity index (χ4n) is 7.01. The Morgan fingerprint density at radius 1 is 1.08 bits per heavy atom. The van der Waals surface area contributed by atoms with Crippen LogP contribution >= 0.6 is 0 Å². The highest BCUT2D eigenvalue weighted by Crippen LogP contribution is 2.46. The molecule has 4 amide bonds. The van der Waals surface area contributed by atoms with Crippen molar-refractivity contribution in [1.82, 2.24) is 20.4 Å². The molecule has 0 radical (unpaired) electrons. The van der Waals surface area contributed by atoms with E-state index in [9.17, 15) is 23.2 Å². The molecular formula is C27H36F2N4O3. The molecule has 1 aromatic rings. The second-order valence-electron chi connectivity index (χ2n) is 11.0. The van der Waals surface area contributed by atoms with Crippen LogP contribution in [0.1, 0.15) is 76.3 Å². The van der Waals surface area contributed by atoms with E-state index in [2.05, 4.69) is 15.5 Å². The Labute approximate surface area is 211 Å². The predicted octanol–water partition coefficient (Wildman–Crippen LogP) is 4.00. The van der Waals surface area contributed by atoms with Crippen LogP contribution in [0.3, 0.4) is 0 Å². The molecule has 4 aliphatic rings. The number of amides is 4. The number of hydrogen-bond donors (Lipinski definition) is 2. The summed E-state index contributed by atoms with van der Waals surface area (Å²) in [5.74, 6) is -3.34. The first-order valence-corrected chi connectivity index (χ1v) is 13.3. The van der Waals surface area contributed by atoms with E-state index in [1.165, 1.54) is 0 Å². The molecule has 196 valence electrons. The van der Waals surface area contributed by atoms with E-state index in [0.717, 1.165) is 24.9 Å². The Kier molecular flexibility index (Phi) is 6.78. The van der Waals surface area contributed by atoms with Gasteiger partial charge in [-0.3, -0.25) is 19.8 Å².